The smallest absolute Gasteiger partial charge is 0.210 e. The lowest BCUT2D eigenvalue weighted by atomic mass is 10.0. The Labute approximate surface area is 91.4 Å². The average Bonchev–Trinajstić information content (AvgIpc) is 2.30. The first-order valence-electron chi connectivity index (χ1n) is 5.44. The topological polar surface area (TPSA) is 29.5 Å². The molecule has 0 unspecified atom stereocenters. The van der Waals surface area contributed by atoms with Gasteiger partial charge in [0.2, 0.25) is 6.41 Å². The van der Waals surface area contributed by atoms with Crippen LogP contribution >= 0.6 is 0 Å². The van der Waals surface area contributed by atoms with Crippen molar-refractivity contribution in [2.75, 3.05) is 19.8 Å². The van der Waals surface area contributed by atoms with Crippen LogP contribution in [0.1, 0.15) is 20.3 Å². The highest BCUT2D eigenvalue weighted by Gasteiger charge is 2.23. The Morgan fingerprint density at radius 1 is 1.60 bits per heavy atom. The average molecular weight is 209 g/mol. The number of amides is 1. The van der Waals surface area contributed by atoms with E-state index in [0.29, 0.717) is 19.8 Å². The van der Waals surface area contributed by atoms with Crippen molar-refractivity contribution < 1.29 is 9.53 Å². The van der Waals surface area contributed by atoms with Crippen LogP contribution in [0.3, 0.4) is 0 Å². The number of carbonyl (C=O) groups excluding carboxylic acids is 1. The van der Waals surface area contributed by atoms with Crippen LogP contribution in [0, 0.1) is 0 Å². The first kappa shape index (κ1) is 12.0. The van der Waals surface area contributed by atoms with Gasteiger partial charge in [-0.2, -0.15) is 0 Å². The second-order valence-electron chi connectivity index (χ2n) is 3.55. The predicted molar refractivity (Wildman–Crippen MR) is 60.6 cm³/mol. The third kappa shape index (κ3) is 3.20. The maximum absolute atomic E-state index is 10.9. The van der Waals surface area contributed by atoms with E-state index in [-0.39, 0.29) is 6.04 Å². The molecule has 0 aromatic heterocycles. The SMILES string of the molecule is C/C=C\C=C(/CC)[C@H]1COCCN1C=O. The molecule has 1 fully saturated rings. The van der Waals surface area contributed by atoms with Crippen molar-refractivity contribution in [2.45, 2.75) is 26.3 Å². The number of hydrogen-bond acceptors (Lipinski definition) is 2. The van der Waals surface area contributed by atoms with Gasteiger partial charge in [-0.1, -0.05) is 25.2 Å². The molecule has 3 heteroatoms. The van der Waals surface area contributed by atoms with E-state index in [4.69, 9.17) is 4.74 Å². The third-order valence-corrected chi connectivity index (χ3v) is 2.64. The molecule has 1 rings (SSSR count). The lowest BCUT2D eigenvalue weighted by Crippen LogP contribution is -2.45. The molecular weight excluding hydrogens is 190 g/mol. The number of ether oxygens (including phenoxy) is 1. The molecule has 0 N–H and O–H groups in total. The Morgan fingerprint density at radius 3 is 3.00 bits per heavy atom. The molecule has 0 radical (unpaired) electrons. The van der Waals surface area contributed by atoms with E-state index < -0.39 is 0 Å². The number of morpholine rings is 1. The zero-order chi connectivity index (χ0) is 11.1. The fourth-order valence-electron chi connectivity index (χ4n) is 1.75. The van der Waals surface area contributed by atoms with E-state index in [1.165, 1.54) is 5.57 Å². The first-order valence-corrected chi connectivity index (χ1v) is 5.44. The van der Waals surface area contributed by atoms with Crippen LogP contribution in [0.15, 0.2) is 23.8 Å². The van der Waals surface area contributed by atoms with Crippen LogP contribution in [0.5, 0.6) is 0 Å². The Morgan fingerprint density at radius 2 is 2.40 bits per heavy atom. The van der Waals surface area contributed by atoms with Crippen molar-refractivity contribution in [3.8, 4) is 0 Å². The number of hydrogen-bond donors (Lipinski definition) is 0. The second kappa shape index (κ2) is 6.40. The van der Waals surface area contributed by atoms with Crippen molar-refractivity contribution in [1.82, 2.24) is 4.90 Å². The monoisotopic (exact) mass is 209 g/mol. The highest BCUT2D eigenvalue weighted by atomic mass is 16.5. The molecule has 1 heterocycles. The van der Waals surface area contributed by atoms with Crippen molar-refractivity contribution in [3.05, 3.63) is 23.8 Å². The summed E-state index contributed by atoms with van der Waals surface area (Å²) in [5.74, 6) is 0. The van der Waals surface area contributed by atoms with Crippen molar-refractivity contribution in [3.63, 3.8) is 0 Å². The fraction of sp³-hybridized carbons (Fsp3) is 0.583. The van der Waals surface area contributed by atoms with Crippen LogP contribution < -0.4 is 0 Å². The number of carbonyl (C=O) groups is 1. The standard InChI is InChI=1S/C12H19NO2/c1-3-5-6-11(4-2)12-9-15-8-7-13(12)10-14/h3,5-6,10,12H,4,7-9H2,1-2H3/b5-3-,11-6+/t12-/m1/s1. The van der Waals surface area contributed by atoms with Gasteiger partial charge in [0.1, 0.15) is 0 Å². The van der Waals surface area contributed by atoms with E-state index >= 15 is 0 Å². The molecule has 1 aliphatic rings. The zero-order valence-electron chi connectivity index (χ0n) is 9.48. The summed E-state index contributed by atoms with van der Waals surface area (Å²) in [5, 5.41) is 0. The molecule has 1 amide bonds. The van der Waals surface area contributed by atoms with Gasteiger partial charge in [-0.15, -0.1) is 0 Å². The molecule has 3 nitrogen and oxygen atoms in total. The Balaban J connectivity index is 2.75. The summed E-state index contributed by atoms with van der Waals surface area (Å²) < 4.78 is 5.41. The minimum Gasteiger partial charge on any atom is -0.377 e. The van der Waals surface area contributed by atoms with Gasteiger partial charge in [0.25, 0.3) is 0 Å². The van der Waals surface area contributed by atoms with Gasteiger partial charge < -0.3 is 9.64 Å². The summed E-state index contributed by atoms with van der Waals surface area (Å²) >= 11 is 0. The molecule has 1 aliphatic heterocycles. The quantitative estimate of drug-likeness (QED) is 0.521. The van der Waals surface area contributed by atoms with Gasteiger partial charge in [-0.05, 0) is 18.9 Å². The molecule has 0 spiro atoms. The molecule has 15 heavy (non-hydrogen) atoms. The van der Waals surface area contributed by atoms with Crippen LogP contribution in [0.2, 0.25) is 0 Å². The molecule has 0 bridgehead atoms. The Hall–Kier alpha value is -1.09. The minimum absolute atomic E-state index is 0.123. The maximum Gasteiger partial charge on any atom is 0.210 e. The van der Waals surface area contributed by atoms with Crippen molar-refractivity contribution in [2.24, 2.45) is 0 Å². The third-order valence-electron chi connectivity index (χ3n) is 2.64. The number of allylic oxidation sites excluding steroid dienone is 3. The van der Waals surface area contributed by atoms with Crippen LogP contribution in [-0.4, -0.2) is 37.1 Å². The van der Waals surface area contributed by atoms with Gasteiger partial charge in [0.15, 0.2) is 0 Å². The fourth-order valence-corrected chi connectivity index (χ4v) is 1.75. The van der Waals surface area contributed by atoms with E-state index in [1.54, 1.807) is 0 Å². The largest absolute Gasteiger partial charge is 0.377 e. The molecule has 0 saturated carbocycles. The molecular formula is C12H19NO2. The maximum atomic E-state index is 10.9. The van der Waals surface area contributed by atoms with Gasteiger partial charge in [-0.3, -0.25) is 4.79 Å². The van der Waals surface area contributed by atoms with Crippen LogP contribution in [0.25, 0.3) is 0 Å². The van der Waals surface area contributed by atoms with Gasteiger partial charge in [0, 0.05) is 6.54 Å². The summed E-state index contributed by atoms with van der Waals surface area (Å²) in [7, 11) is 0. The molecule has 84 valence electrons. The van der Waals surface area contributed by atoms with Gasteiger partial charge >= 0.3 is 0 Å². The highest BCUT2D eigenvalue weighted by Crippen LogP contribution is 2.16. The molecule has 0 aromatic carbocycles. The lowest BCUT2D eigenvalue weighted by molar-refractivity contribution is -0.124. The van der Waals surface area contributed by atoms with E-state index in [2.05, 4.69) is 13.0 Å². The first-order chi connectivity index (χ1) is 7.33. The lowest BCUT2D eigenvalue weighted by Gasteiger charge is -2.34. The Kier molecular flexibility index (Phi) is 5.12. The van der Waals surface area contributed by atoms with E-state index in [9.17, 15) is 4.79 Å². The van der Waals surface area contributed by atoms with Crippen LogP contribution in [-0.2, 0) is 9.53 Å². The highest BCUT2D eigenvalue weighted by molar-refractivity contribution is 5.49. The minimum atomic E-state index is 0.123. The molecule has 0 aliphatic carbocycles. The summed E-state index contributed by atoms with van der Waals surface area (Å²) in [6, 6.07) is 0.123. The summed E-state index contributed by atoms with van der Waals surface area (Å²) in [6.45, 7) is 6.05. The predicted octanol–water partition coefficient (Wildman–Crippen LogP) is 1.76. The van der Waals surface area contributed by atoms with Crippen LogP contribution in [0.4, 0.5) is 0 Å². The summed E-state index contributed by atoms with van der Waals surface area (Å²) in [4.78, 5) is 12.7. The summed E-state index contributed by atoms with van der Waals surface area (Å²) in [5.41, 5.74) is 1.25. The number of rotatable bonds is 4. The van der Waals surface area contributed by atoms with Gasteiger partial charge in [0.05, 0.1) is 19.3 Å². The normalized spacial score (nSPS) is 23.5. The molecule has 1 saturated heterocycles. The Bertz CT molecular complexity index is 258. The number of nitrogens with zero attached hydrogens (tertiary/aromatic N) is 1. The zero-order valence-corrected chi connectivity index (χ0v) is 9.48. The van der Waals surface area contributed by atoms with Crippen molar-refractivity contribution >= 4 is 6.41 Å². The summed E-state index contributed by atoms with van der Waals surface area (Å²) in [6.07, 6.45) is 7.95. The molecule has 0 aromatic rings. The van der Waals surface area contributed by atoms with Gasteiger partial charge in [-0.25, -0.2) is 0 Å². The van der Waals surface area contributed by atoms with Crippen molar-refractivity contribution in [1.29, 1.82) is 0 Å². The van der Waals surface area contributed by atoms with E-state index in [1.807, 2.05) is 24.0 Å². The van der Waals surface area contributed by atoms with E-state index in [0.717, 1.165) is 12.8 Å². The molecule has 1 atom stereocenters. The second-order valence-corrected chi connectivity index (χ2v) is 3.55.